The summed E-state index contributed by atoms with van der Waals surface area (Å²) in [7, 11) is 0. The van der Waals surface area contributed by atoms with Gasteiger partial charge in [-0.3, -0.25) is 4.79 Å². The van der Waals surface area contributed by atoms with E-state index in [2.05, 4.69) is 15.4 Å². The van der Waals surface area contributed by atoms with E-state index in [0.29, 0.717) is 22.3 Å². The van der Waals surface area contributed by atoms with E-state index in [1.54, 1.807) is 24.3 Å². The summed E-state index contributed by atoms with van der Waals surface area (Å²) in [5, 5.41) is 42.0. The van der Waals surface area contributed by atoms with Gasteiger partial charge in [0.2, 0.25) is 5.82 Å². The number of aliphatic hydroxyl groups is 2. The Kier molecular flexibility index (Phi) is 8.44. The van der Waals surface area contributed by atoms with Crippen LogP contribution >= 0.6 is 0 Å². The smallest absolute Gasteiger partial charge is 0.305 e. The summed E-state index contributed by atoms with van der Waals surface area (Å²) >= 11 is 0. The summed E-state index contributed by atoms with van der Waals surface area (Å²) in [4.78, 5) is 12.3. The largest absolute Gasteiger partial charge is 0.481 e. The molecule has 0 spiro atoms. The van der Waals surface area contributed by atoms with Gasteiger partial charge >= 0.3 is 5.97 Å². The van der Waals surface area contributed by atoms with E-state index in [9.17, 15) is 23.8 Å². The van der Waals surface area contributed by atoms with E-state index < -0.39 is 41.8 Å². The molecule has 1 heterocycles. The number of benzene rings is 2. The molecule has 1 aromatic heterocycles. The lowest BCUT2D eigenvalue weighted by Crippen LogP contribution is -2.24. The highest BCUT2D eigenvalue weighted by Gasteiger charge is 2.22. The van der Waals surface area contributed by atoms with Crippen LogP contribution in [-0.2, 0) is 10.3 Å². The van der Waals surface area contributed by atoms with E-state index in [1.165, 1.54) is 41.2 Å². The molecule has 36 heavy (non-hydrogen) atoms. The zero-order valence-electron chi connectivity index (χ0n) is 20.1. The van der Waals surface area contributed by atoms with E-state index in [-0.39, 0.29) is 12.2 Å². The molecule has 3 aromatic rings. The molecule has 3 rings (SSSR count). The highest BCUT2D eigenvalue weighted by atomic mass is 19.1. The number of carboxylic acids is 1. The van der Waals surface area contributed by atoms with Crippen LogP contribution in [0.15, 0.2) is 60.7 Å². The fourth-order valence-corrected chi connectivity index (χ4v) is 3.44. The van der Waals surface area contributed by atoms with Gasteiger partial charge in [-0.25, -0.2) is 8.78 Å². The van der Waals surface area contributed by atoms with Crippen molar-refractivity contribution in [3.8, 4) is 0 Å². The van der Waals surface area contributed by atoms with Crippen LogP contribution in [0.4, 0.5) is 8.78 Å². The van der Waals surface area contributed by atoms with E-state index >= 15 is 0 Å². The van der Waals surface area contributed by atoms with Crippen LogP contribution in [0.5, 0.6) is 0 Å². The molecule has 0 bridgehead atoms. The number of aromatic nitrogens is 4. The number of hydrogen-bond donors (Lipinski definition) is 3. The van der Waals surface area contributed by atoms with Crippen molar-refractivity contribution in [2.24, 2.45) is 0 Å². The van der Waals surface area contributed by atoms with Crippen molar-refractivity contribution in [2.45, 2.75) is 51.4 Å². The molecule has 190 valence electrons. The lowest BCUT2D eigenvalue weighted by molar-refractivity contribution is -0.139. The fourth-order valence-electron chi connectivity index (χ4n) is 3.44. The lowest BCUT2D eigenvalue weighted by Gasteiger charge is -2.16. The Labute approximate surface area is 207 Å². The average Bonchev–Trinajstić information content (AvgIpc) is 3.28. The van der Waals surface area contributed by atoms with E-state index in [0.717, 1.165) is 0 Å². The zero-order valence-corrected chi connectivity index (χ0v) is 20.1. The third-order valence-corrected chi connectivity index (χ3v) is 5.20. The monoisotopic (exact) mass is 498 g/mol. The molecule has 10 heteroatoms. The van der Waals surface area contributed by atoms with Gasteiger partial charge in [-0.2, -0.15) is 4.80 Å². The number of rotatable bonds is 9. The number of allylic oxidation sites excluding steroid dienone is 2. The maximum Gasteiger partial charge on any atom is 0.305 e. The summed E-state index contributed by atoms with van der Waals surface area (Å²) in [5.74, 6) is -1.86. The van der Waals surface area contributed by atoms with Crippen LogP contribution < -0.4 is 0 Å². The number of halogens is 2. The summed E-state index contributed by atoms with van der Waals surface area (Å²) in [6, 6.07) is 11.4. The van der Waals surface area contributed by atoms with Crippen molar-refractivity contribution in [3.63, 3.8) is 0 Å². The van der Waals surface area contributed by atoms with Crippen molar-refractivity contribution in [3.05, 3.63) is 89.3 Å². The topological polar surface area (TPSA) is 121 Å². The Bertz CT molecular complexity index is 1200. The van der Waals surface area contributed by atoms with Crippen LogP contribution in [0.3, 0.4) is 0 Å². The van der Waals surface area contributed by atoms with Gasteiger partial charge in [-0.05, 0) is 61.4 Å². The Balaban J connectivity index is 2.18. The summed E-state index contributed by atoms with van der Waals surface area (Å²) < 4.78 is 27.4. The normalized spacial score (nSPS) is 13.5. The van der Waals surface area contributed by atoms with Crippen molar-refractivity contribution in [1.29, 1.82) is 0 Å². The Morgan fingerprint density at radius 1 is 1.00 bits per heavy atom. The summed E-state index contributed by atoms with van der Waals surface area (Å²) in [5.41, 5.74) is 1.60. The minimum Gasteiger partial charge on any atom is -0.481 e. The van der Waals surface area contributed by atoms with Crippen LogP contribution in [0.25, 0.3) is 11.1 Å². The highest BCUT2D eigenvalue weighted by Crippen LogP contribution is 2.32. The van der Waals surface area contributed by atoms with Gasteiger partial charge in [-0.1, -0.05) is 36.4 Å². The first-order valence-electron chi connectivity index (χ1n) is 11.3. The van der Waals surface area contributed by atoms with Gasteiger partial charge in [0.25, 0.3) is 0 Å². The molecule has 2 atom stereocenters. The molecule has 0 saturated heterocycles. The van der Waals surface area contributed by atoms with E-state index in [4.69, 9.17) is 5.11 Å². The first-order valence-corrected chi connectivity index (χ1v) is 11.3. The first kappa shape index (κ1) is 26.8. The van der Waals surface area contributed by atoms with Gasteiger partial charge in [0, 0.05) is 17.6 Å². The predicted molar refractivity (Wildman–Crippen MR) is 130 cm³/mol. The van der Waals surface area contributed by atoms with Crippen LogP contribution in [0, 0.1) is 11.6 Å². The third kappa shape index (κ3) is 7.12. The van der Waals surface area contributed by atoms with Gasteiger partial charge in [0.1, 0.15) is 11.6 Å². The number of aliphatic carboxylic acids is 1. The second-order valence-electron chi connectivity index (χ2n) is 9.29. The van der Waals surface area contributed by atoms with Gasteiger partial charge in [0.05, 0.1) is 24.2 Å². The second kappa shape index (κ2) is 11.3. The highest BCUT2D eigenvalue weighted by molar-refractivity contribution is 6.00. The number of carboxylic acid groups (broad SMARTS) is 1. The van der Waals surface area contributed by atoms with Gasteiger partial charge < -0.3 is 15.3 Å². The number of tetrazole rings is 1. The van der Waals surface area contributed by atoms with Crippen molar-refractivity contribution in [2.75, 3.05) is 0 Å². The first-order chi connectivity index (χ1) is 16.9. The van der Waals surface area contributed by atoms with Crippen LogP contribution in [0.1, 0.15) is 50.6 Å². The molecule has 0 aliphatic carbocycles. The Morgan fingerprint density at radius 3 is 1.97 bits per heavy atom. The molecule has 0 fully saturated rings. The Hall–Kier alpha value is -3.76. The molecular formula is C26H28F2N4O4. The van der Waals surface area contributed by atoms with Gasteiger partial charge in [-0.15, -0.1) is 10.2 Å². The Morgan fingerprint density at radius 2 is 1.53 bits per heavy atom. The number of carbonyl (C=O) groups is 1. The summed E-state index contributed by atoms with van der Waals surface area (Å²) in [6.07, 6.45) is -0.237. The standard InChI is InChI=1S/C26H28F2N4O4/c1-26(2,3)32-30-25(29-31-32)22(13-12-20(33)14-21(34)15-23(35)36)24(16-4-8-18(27)9-5-16)17-6-10-19(28)11-7-17/h4-13,20-21,33-34H,14-15H2,1-3H3,(H,35,36)/b13-12+/t20-,21-/m1/s1. The SMILES string of the molecule is CC(C)(C)n1nnc(C(/C=C/[C@@H](O)C[C@@H](O)CC(=O)O)=C(c2ccc(F)cc2)c2ccc(F)cc2)n1. The predicted octanol–water partition coefficient (Wildman–Crippen LogP) is 3.81. The van der Waals surface area contributed by atoms with Crippen molar-refractivity contribution in [1.82, 2.24) is 20.2 Å². The third-order valence-electron chi connectivity index (χ3n) is 5.20. The second-order valence-corrected chi connectivity index (χ2v) is 9.29. The summed E-state index contributed by atoms with van der Waals surface area (Å²) in [6.45, 7) is 5.68. The minimum absolute atomic E-state index is 0.197. The lowest BCUT2D eigenvalue weighted by atomic mass is 9.92. The molecule has 8 nitrogen and oxygen atoms in total. The molecule has 0 unspecified atom stereocenters. The quantitative estimate of drug-likeness (QED) is 0.384. The maximum absolute atomic E-state index is 13.7. The molecular weight excluding hydrogens is 470 g/mol. The number of hydrogen-bond acceptors (Lipinski definition) is 6. The molecule has 2 aromatic carbocycles. The zero-order chi connectivity index (χ0) is 26.5. The maximum atomic E-state index is 13.7. The molecule has 0 saturated carbocycles. The minimum atomic E-state index is -1.25. The van der Waals surface area contributed by atoms with Crippen LogP contribution in [0.2, 0.25) is 0 Å². The van der Waals surface area contributed by atoms with Crippen molar-refractivity contribution < 1.29 is 28.9 Å². The molecule has 3 N–H and O–H groups in total. The van der Waals surface area contributed by atoms with E-state index in [1.807, 2.05) is 20.8 Å². The van der Waals surface area contributed by atoms with Gasteiger partial charge in [0.15, 0.2) is 0 Å². The fraction of sp³-hybridized carbons (Fsp3) is 0.308. The van der Waals surface area contributed by atoms with Crippen LogP contribution in [-0.4, -0.2) is 53.7 Å². The number of aliphatic hydroxyl groups excluding tert-OH is 2. The van der Waals surface area contributed by atoms with Crippen molar-refractivity contribution >= 4 is 17.1 Å². The molecule has 0 aliphatic rings. The molecule has 0 aliphatic heterocycles. The molecule has 0 amide bonds. The number of nitrogens with zero attached hydrogens (tertiary/aromatic N) is 4. The molecule has 0 radical (unpaired) electrons. The average molecular weight is 499 g/mol.